The number of piperazine rings is 1. The lowest BCUT2D eigenvalue weighted by molar-refractivity contribution is 0.103. The van der Waals surface area contributed by atoms with Crippen LogP contribution in [0.4, 0.5) is 11.4 Å². The maximum Gasteiger partial charge on any atom is 0.187 e. The van der Waals surface area contributed by atoms with Crippen molar-refractivity contribution in [2.24, 2.45) is 0 Å². The Bertz CT molecular complexity index is 1250. The van der Waals surface area contributed by atoms with E-state index >= 15 is 0 Å². The Hall–Kier alpha value is -3.59. The van der Waals surface area contributed by atoms with Gasteiger partial charge in [-0.3, -0.25) is 4.90 Å². The van der Waals surface area contributed by atoms with Crippen LogP contribution in [0, 0.1) is 17.9 Å². The van der Waals surface area contributed by atoms with E-state index in [0.717, 1.165) is 16.8 Å². The van der Waals surface area contributed by atoms with Crippen LogP contribution in [0.15, 0.2) is 66.7 Å². The molecular formula is C28H27ClN4O3. The van der Waals surface area contributed by atoms with Crippen molar-refractivity contribution in [3.05, 3.63) is 99.9 Å². The number of benzene rings is 3. The number of hydrogen-bond donors (Lipinski definition) is 2. The summed E-state index contributed by atoms with van der Waals surface area (Å²) in [4.78, 5) is 7.95. The molecule has 184 valence electrons. The van der Waals surface area contributed by atoms with Crippen molar-refractivity contribution in [3.63, 3.8) is 0 Å². The molecule has 3 aromatic carbocycles. The van der Waals surface area contributed by atoms with Crippen LogP contribution in [0.5, 0.6) is 5.75 Å². The zero-order chi connectivity index (χ0) is 25.5. The van der Waals surface area contributed by atoms with Crippen LogP contribution in [0.1, 0.15) is 28.8 Å². The molecule has 0 unspecified atom stereocenters. The van der Waals surface area contributed by atoms with E-state index in [9.17, 15) is 10.4 Å². The highest BCUT2D eigenvalue weighted by molar-refractivity contribution is 6.33. The van der Waals surface area contributed by atoms with Gasteiger partial charge in [0.05, 0.1) is 54.2 Å². The third kappa shape index (κ3) is 5.62. The summed E-state index contributed by atoms with van der Waals surface area (Å²) in [5.41, 5.74) is 4.02. The van der Waals surface area contributed by atoms with Gasteiger partial charge in [-0.05, 0) is 35.4 Å². The predicted octanol–water partition coefficient (Wildman–Crippen LogP) is 4.73. The summed E-state index contributed by atoms with van der Waals surface area (Å²) < 4.78 is 5.51. The van der Waals surface area contributed by atoms with Gasteiger partial charge in [0.25, 0.3) is 0 Å². The predicted molar refractivity (Wildman–Crippen MR) is 139 cm³/mol. The highest BCUT2D eigenvalue weighted by Gasteiger charge is 2.33. The third-order valence-electron chi connectivity index (χ3n) is 6.45. The Morgan fingerprint density at radius 2 is 1.83 bits per heavy atom. The van der Waals surface area contributed by atoms with Crippen LogP contribution in [0.2, 0.25) is 5.02 Å². The molecule has 7 nitrogen and oxygen atoms in total. The average molecular weight is 503 g/mol. The molecule has 0 radical (unpaired) electrons. The van der Waals surface area contributed by atoms with Crippen molar-refractivity contribution in [1.82, 2.24) is 4.90 Å². The first-order valence-electron chi connectivity index (χ1n) is 11.7. The van der Waals surface area contributed by atoms with Gasteiger partial charge in [0, 0.05) is 25.7 Å². The fraction of sp³-hybridized carbons (Fsp3) is 0.286. The Morgan fingerprint density at radius 1 is 1.08 bits per heavy atom. The van der Waals surface area contributed by atoms with E-state index in [-0.39, 0.29) is 31.9 Å². The fourth-order valence-corrected chi connectivity index (χ4v) is 4.90. The molecule has 1 fully saturated rings. The zero-order valence-electron chi connectivity index (χ0n) is 19.7. The number of nitriles is 1. The molecule has 1 aliphatic heterocycles. The van der Waals surface area contributed by atoms with Gasteiger partial charge in [0.2, 0.25) is 0 Å². The molecule has 0 saturated carbocycles. The van der Waals surface area contributed by atoms with Gasteiger partial charge in [-0.15, -0.1) is 0 Å². The van der Waals surface area contributed by atoms with E-state index in [1.807, 2.05) is 48.5 Å². The van der Waals surface area contributed by atoms with E-state index in [2.05, 4.69) is 20.7 Å². The van der Waals surface area contributed by atoms with Crippen molar-refractivity contribution >= 4 is 23.0 Å². The van der Waals surface area contributed by atoms with Gasteiger partial charge in [-0.25, -0.2) is 4.85 Å². The highest BCUT2D eigenvalue weighted by atomic mass is 35.5. The van der Waals surface area contributed by atoms with E-state index in [1.165, 1.54) is 0 Å². The summed E-state index contributed by atoms with van der Waals surface area (Å²) in [5, 5.41) is 29.1. The summed E-state index contributed by atoms with van der Waals surface area (Å²) in [6.07, 6.45) is 0. The molecule has 4 rings (SSSR count). The molecule has 1 aliphatic rings. The standard InChI is InChI=1S/C28H27ClN4O3/c1-31-23-8-6-22(7-9-23)28(19-35)32-12-13-33(26-11-10-24(16-25(26)29)36-15-14-34)27(18-32)21-4-2-20(17-30)3-5-21/h2-11,16,27-28,34-35H,12-15,18-19H2/t27-,28+/m0/s1. The molecule has 0 amide bonds. The summed E-state index contributed by atoms with van der Waals surface area (Å²) in [5.74, 6) is 0.592. The van der Waals surface area contributed by atoms with E-state index < -0.39 is 0 Å². The van der Waals surface area contributed by atoms with Gasteiger partial charge in [0.15, 0.2) is 5.69 Å². The number of rotatable bonds is 8. The molecule has 0 spiro atoms. The molecule has 8 heteroatoms. The first kappa shape index (κ1) is 25.5. The molecule has 0 aromatic heterocycles. The van der Waals surface area contributed by atoms with E-state index in [1.54, 1.807) is 18.2 Å². The second-order valence-corrected chi connectivity index (χ2v) is 8.93. The minimum absolute atomic E-state index is 0.0465. The number of ether oxygens (including phenoxy) is 1. The Morgan fingerprint density at radius 3 is 2.44 bits per heavy atom. The summed E-state index contributed by atoms with van der Waals surface area (Å²) >= 11 is 6.69. The van der Waals surface area contributed by atoms with Crippen molar-refractivity contribution in [2.75, 3.05) is 44.4 Å². The Kier molecular flexibility index (Phi) is 8.43. The van der Waals surface area contributed by atoms with Crippen molar-refractivity contribution in [2.45, 2.75) is 12.1 Å². The highest BCUT2D eigenvalue weighted by Crippen LogP contribution is 2.39. The Balaban J connectivity index is 1.65. The third-order valence-corrected chi connectivity index (χ3v) is 6.75. The maximum atomic E-state index is 10.3. The Labute approximate surface area is 216 Å². The quantitative estimate of drug-likeness (QED) is 0.433. The number of hydrogen-bond acceptors (Lipinski definition) is 6. The lowest BCUT2D eigenvalue weighted by Crippen LogP contribution is -2.50. The number of aliphatic hydroxyl groups is 2. The van der Waals surface area contributed by atoms with Crippen LogP contribution < -0.4 is 9.64 Å². The molecule has 36 heavy (non-hydrogen) atoms. The SMILES string of the molecule is [C-]#[N+]c1ccc([C@@H](CO)N2CCN(c3ccc(OCCO)cc3Cl)[C@H](c3ccc(C#N)cc3)C2)cc1. The molecule has 0 bridgehead atoms. The maximum absolute atomic E-state index is 10.3. The van der Waals surface area contributed by atoms with Crippen LogP contribution in [-0.4, -0.2) is 54.6 Å². The van der Waals surface area contributed by atoms with Crippen molar-refractivity contribution in [1.29, 1.82) is 5.26 Å². The molecule has 0 aliphatic carbocycles. The smallest absolute Gasteiger partial charge is 0.187 e. The van der Waals surface area contributed by atoms with Gasteiger partial charge in [-0.2, -0.15) is 5.26 Å². The largest absolute Gasteiger partial charge is 0.491 e. The van der Waals surface area contributed by atoms with Crippen LogP contribution in [-0.2, 0) is 0 Å². The summed E-state index contributed by atoms with van der Waals surface area (Å²) in [6, 6.07) is 22.3. The first-order chi connectivity index (χ1) is 17.6. The number of nitrogens with zero attached hydrogens (tertiary/aromatic N) is 4. The average Bonchev–Trinajstić information content (AvgIpc) is 2.93. The van der Waals surface area contributed by atoms with E-state index in [4.69, 9.17) is 28.0 Å². The van der Waals surface area contributed by atoms with Gasteiger partial charge in [0.1, 0.15) is 12.4 Å². The minimum Gasteiger partial charge on any atom is -0.491 e. The molecule has 1 saturated heterocycles. The van der Waals surface area contributed by atoms with Gasteiger partial charge < -0.3 is 19.8 Å². The first-order valence-corrected chi connectivity index (χ1v) is 12.1. The topological polar surface area (TPSA) is 84.3 Å². The normalized spacial score (nSPS) is 16.7. The number of halogens is 1. The molecule has 3 aromatic rings. The summed E-state index contributed by atoms with van der Waals surface area (Å²) in [7, 11) is 0. The fourth-order valence-electron chi connectivity index (χ4n) is 4.62. The molecule has 2 atom stereocenters. The van der Waals surface area contributed by atoms with Crippen LogP contribution >= 0.6 is 11.6 Å². The lowest BCUT2D eigenvalue weighted by Gasteiger charge is -2.46. The lowest BCUT2D eigenvalue weighted by atomic mass is 9.97. The zero-order valence-corrected chi connectivity index (χ0v) is 20.5. The summed E-state index contributed by atoms with van der Waals surface area (Å²) in [6.45, 7) is 9.25. The monoisotopic (exact) mass is 502 g/mol. The molecule has 1 heterocycles. The van der Waals surface area contributed by atoms with E-state index in [0.29, 0.717) is 41.7 Å². The second kappa shape index (κ2) is 11.9. The number of anilines is 1. The molecule has 2 N–H and O–H groups in total. The van der Waals surface area contributed by atoms with Crippen molar-refractivity contribution in [3.8, 4) is 11.8 Å². The van der Waals surface area contributed by atoms with Gasteiger partial charge >= 0.3 is 0 Å². The second-order valence-electron chi connectivity index (χ2n) is 8.52. The van der Waals surface area contributed by atoms with Crippen molar-refractivity contribution < 1.29 is 14.9 Å². The van der Waals surface area contributed by atoms with Crippen LogP contribution in [0.3, 0.4) is 0 Å². The molecular weight excluding hydrogens is 476 g/mol. The minimum atomic E-state index is -0.211. The van der Waals surface area contributed by atoms with Gasteiger partial charge in [-0.1, -0.05) is 48.0 Å². The van der Waals surface area contributed by atoms with Crippen LogP contribution in [0.25, 0.3) is 4.85 Å². The number of aliphatic hydroxyl groups excluding tert-OH is 2.